The van der Waals surface area contributed by atoms with Gasteiger partial charge in [-0.25, -0.2) is 4.79 Å². The molecule has 2 rings (SSSR count). The molecule has 2 N–H and O–H groups in total. The van der Waals surface area contributed by atoms with Crippen LogP contribution >= 0.6 is 0 Å². The Kier molecular flexibility index (Phi) is 7.53. The number of hydrogen-bond acceptors (Lipinski definition) is 5. The molecule has 1 aromatic rings. The molecule has 1 aromatic carbocycles. The first-order chi connectivity index (χ1) is 12.1. The number of carbonyl (C=O) groups is 2. The maximum atomic E-state index is 12.0. The summed E-state index contributed by atoms with van der Waals surface area (Å²) in [6, 6.07) is 6.00. The normalized spacial score (nSPS) is 18.2. The molecule has 138 valence electrons. The van der Waals surface area contributed by atoms with Gasteiger partial charge in [-0.05, 0) is 43.5 Å². The molecular formula is C18H25NO6. The van der Waals surface area contributed by atoms with Crippen molar-refractivity contribution in [2.75, 3.05) is 26.4 Å². The molecule has 0 spiro atoms. The van der Waals surface area contributed by atoms with E-state index in [1.165, 1.54) is 0 Å². The molecule has 0 bridgehead atoms. The predicted molar refractivity (Wildman–Crippen MR) is 90.8 cm³/mol. The largest absolute Gasteiger partial charge is 0.494 e. The van der Waals surface area contributed by atoms with Gasteiger partial charge in [0.25, 0.3) is 5.91 Å². The summed E-state index contributed by atoms with van der Waals surface area (Å²) in [4.78, 5) is 23.4. The van der Waals surface area contributed by atoms with Crippen LogP contribution in [0.4, 0.5) is 0 Å². The van der Waals surface area contributed by atoms with Crippen LogP contribution in [0.3, 0.4) is 0 Å². The number of rotatable bonds is 9. The first-order valence-electron chi connectivity index (χ1n) is 8.55. The minimum absolute atomic E-state index is 0.217. The average Bonchev–Trinajstić information content (AvgIpc) is 2.64. The highest BCUT2D eigenvalue weighted by atomic mass is 16.5. The van der Waals surface area contributed by atoms with Crippen LogP contribution in [-0.2, 0) is 14.3 Å². The number of benzene rings is 1. The van der Waals surface area contributed by atoms with Gasteiger partial charge in [-0.1, -0.05) is 6.92 Å². The highest BCUT2D eigenvalue weighted by molar-refractivity contribution is 5.84. The number of ether oxygens (including phenoxy) is 3. The van der Waals surface area contributed by atoms with Crippen molar-refractivity contribution in [3.05, 3.63) is 24.3 Å². The van der Waals surface area contributed by atoms with Crippen molar-refractivity contribution < 1.29 is 28.9 Å². The van der Waals surface area contributed by atoms with Crippen LogP contribution in [0.5, 0.6) is 11.5 Å². The van der Waals surface area contributed by atoms with Gasteiger partial charge in [0.2, 0.25) is 0 Å². The molecule has 1 amide bonds. The molecule has 2 atom stereocenters. The highest BCUT2D eigenvalue weighted by Crippen LogP contribution is 2.19. The third-order valence-corrected chi connectivity index (χ3v) is 3.92. The van der Waals surface area contributed by atoms with Crippen LogP contribution in [0, 0.1) is 5.92 Å². The van der Waals surface area contributed by atoms with E-state index in [1.54, 1.807) is 24.3 Å². The minimum Gasteiger partial charge on any atom is -0.494 e. The van der Waals surface area contributed by atoms with Crippen LogP contribution in [0.2, 0.25) is 0 Å². The van der Waals surface area contributed by atoms with Crippen molar-refractivity contribution in [2.45, 2.75) is 32.2 Å². The molecule has 1 aliphatic heterocycles. The minimum atomic E-state index is -1.05. The smallest absolute Gasteiger partial charge is 0.326 e. The molecule has 1 fully saturated rings. The molecule has 25 heavy (non-hydrogen) atoms. The SMILES string of the molecule is CCCOc1ccc(OCC(=O)NC(C(=O)O)C2CCCOC2)cc1. The number of carbonyl (C=O) groups excluding carboxylic acids is 1. The van der Waals surface area contributed by atoms with E-state index in [2.05, 4.69) is 5.32 Å². The van der Waals surface area contributed by atoms with Crippen molar-refractivity contribution in [1.82, 2.24) is 5.32 Å². The quantitative estimate of drug-likeness (QED) is 0.705. The average molecular weight is 351 g/mol. The van der Waals surface area contributed by atoms with Gasteiger partial charge in [-0.2, -0.15) is 0 Å². The third kappa shape index (κ3) is 6.26. The third-order valence-electron chi connectivity index (χ3n) is 3.92. The summed E-state index contributed by atoms with van der Waals surface area (Å²) in [5, 5.41) is 11.9. The fourth-order valence-corrected chi connectivity index (χ4v) is 2.63. The van der Waals surface area contributed by atoms with E-state index < -0.39 is 17.9 Å². The molecule has 0 radical (unpaired) electrons. The van der Waals surface area contributed by atoms with E-state index in [9.17, 15) is 14.7 Å². The van der Waals surface area contributed by atoms with Crippen molar-refractivity contribution >= 4 is 11.9 Å². The maximum absolute atomic E-state index is 12.0. The maximum Gasteiger partial charge on any atom is 0.326 e. The van der Waals surface area contributed by atoms with E-state index in [1.807, 2.05) is 6.92 Å². The molecule has 7 heteroatoms. The second-order valence-electron chi connectivity index (χ2n) is 5.97. The van der Waals surface area contributed by atoms with Gasteiger partial charge >= 0.3 is 5.97 Å². The van der Waals surface area contributed by atoms with Crippen LogP contribution in [-0.4, -0.2) is 49.5 Å². The monoisotopic (exact) mass is 351 g/mol. The Morgan fingerprint density at radius 2 is 1.96 bits per heavy atom. The van der Waals surface area contributed by atoms with E-state index in [0.717, 1.165) is 25.0 Å². The molecule has 1 aliphatic rings. The van der Waals surface area contributed by atoms with E-state index in [0.29, 0.717) is 25.6 Å². The second kappa shape index (κ2) is 9.88. The van der Waals surface area contributed by atoms with Crippen LogP contribution < -0.4 is 14.8 Å². The lowest BCUT2D eigenvalue weighted by Gasteiger charge is -2.28. The number of carboxylic acids is 1. The standard InChI is InChI=1S/C18H25NO6/c1-2-9-24-14-5-7-15(8-6-14)25-12-16(20)19-17(18(21)22)13-4-3-10-23-11-13/h5-8,13,17H,2-4,9-12H2,1H3,(H,19,20)(H,21,22). The predicted octanol–water partition coefficient (Wildman–Crippen LogP) is 1.85. The second-order valence-corrected chi connectivity index (χ2v) is 5.97. The van der Waals surface area contributed by atoms with E-state index in [-0.39, 0.29) is 12.5 Å². The zero-order valence-corrected chi connectivity index (χ0v) is 14.4. The van der Waals surface area contributed by atoms with Crippen molar-refractivity contribution in [3.8, 4) is 11.5 Å². The lowest BCUT2D eigenvalue weighted by molar-refractivity contribution is -0.145. The Balaban J connectivity index is 1.81. The summed E-state index contributed by atoms with van der Waals surface area (Å²) < 4.78 is 16.2. The molecule has 0 aliphatic carbocycles. The summed E-state index contributed by atoms with van der Waals surface area (Å²) in [6.45, 7) is 3.41. The Hall–Kier alpha value is -2.28. The van der Waals surface area contributed by atoms with Crippen LogP contribution in [0.25, 0.3) is 0 Å². The first kappa shape index (κ1) is 19.1. The molecule has 7 nitrogen and oxygen atoms in total. The summed E-state index contributed by atoms with van der Waals surface area (Å²) >= 11 is 0. The molecule has 2 unspecified atom stereocenters. The molecule has 0 saturated carbocycles. The van der Waals surface area contributed by atoms with E-state index in [4.69, 9.17) is 14.2 Å². The number of hydrogen-bond donors (Lipinski definition) is 2. The summed E-state index contributed by atoms with van der Waals surface area (Å²) in [5.41, 5.74) is 0. The topological polar surface area (TPSA) is 94.1 Å². The molecule has 1 heterocycles. The van der Waals surface area contributed by atoms with Crippen molar-refractivity contribution in [1.29, 1.82) is 0 Å². The van der Waals surface area contributed by atoms with Gasteiger partial charge in [0.05, 0.1) is 13.2 Å². The lowest BCUT2D eigenvalue weighted by Crippen LogP contribution is -2.49. The van der Waals surface area contributed by atoms with E-state index >= 15 is 0 Å². The molecular weight excluding hydrogens is 326 g/mol. The first-order valence-corrected chi connectivity index (χ1v) is 8.55. The van der Waals surface area contributed by atoms with Gasteiger partial charge in [0.15, 0.2) is 6.61 Å². The Morgan fingerprint density at radius 1 is 1.28 bits per heavy atom. The van der Waals surface area contributed by atoms with Gasteiger partial charge < -0.3 is 24.6 Å². The van der Waals surface area contributed by atoms with Gasteiger partial charge in [-0.15, -0.1) is 0 Å². The summed E-state index contributed by atoms with van der Waals surface area (Å²) in [6.07, 6.45) is 2.44. The number of amides is 1. The van der Waals surface area contributed by atoms with Gasteiger partial charge in [0, 0.05) is 12.5 Å². The highest BCUT2D eigenvalue weighted by Gasteiger charge is 2.31. The van der Waals surface area contributed by atoms with Crippen LogP contribution in [0.1, 0.15) is 26.2 Å². The van der Waals surface area contributed by atoms with Gasteiger partial charge in [0.1, 0.15) is 17.5 Å². The Bertz CT molecular complexity index is 553. The van der Waals surface area contributed by atoms with Crippen molar-refractivity contribution in [3.63, 3.8) is 0 Å². The summed E-state index contributed by atoms with van der Waals surface area (Å²) in [7, 11) is 0. The molecule has 1 saturated heterocycles. The number of carboxylic acid groups (broad SMARTS) is 1. The fourth-order valence-electron chi connectivity index (χ4n) is 2.63. The van der Waals surface area contributed by atoms with Gasteiger partial charge in [-0.3, -0.25) is 4.79 Å². The Morgan fingerprint density at radius 3 is 2.52 bits per heavy atom. The lowest BCUT2D eigenvalue weighted by atomic mass is 9.94. The summed E-state index contributed by atoms with van der Waals surface area (Å²) in [5.74, 6) is -0.482. The zero-order chi connectivity index (χ0) is 18.1. The fraction of sp³-hybridized carbons (Fsp3) is 0.556. The number of nitrogens with one attached hydrogen (secondary N) is 1. The van der Waals surface area contributed by atoms with Crippen LogP contribution in [0.15, 0.2) is 24.3 Å². The molecule has 0 aromatic heterocycles. The Labute approximate surface area is 147 Å². The van der Waals surface area contributed by atoms with Crippen molar-refractivity contribution in [2.24, 2.45) is 5.92 Å². The zero-order valence-electron chi connectivity index (χ0n) is 14.4. The number of aliphatic carboxylic acids is 1.